The predicted molar refractivity (Wildman–Crippen MR) is 52.1 cm³/mol. The van der Waals surface area contributed by atoms with Crippen LogP contribution in [-0.2, 0) is 0 Å². The van der Waals surface area contributed by atoms with Crippen LogP contribution in [-0.4, -0.2) is 4.98 Å². The van der Waals surface area contributed by atoms with Gasteiger partial charge in [0.05, 0.1) is 0 Å². The van der Waals surface area contributed by atoms with Crippen LogP contribution in [0, 0.1) is 6.42 Å². The summed E-state index contributed by atoms with van der Waals surface area (Å²) in [5.74, 6) is 0. The Morgan fingerprint density at radius 3 is 2.75 bits per heavy atom. The molecule has 1 aromatic heterocycles. The summed E-state index contributed by atoms with van der Waals surface area (Å²) >= 11 is 5.71. The lowest BCUT2D eigenvalue weighted by Crippen LogP contribution is -1.84. The summed E-state index contributed by atoms with van der Waals surface area (Å²) in [6, 6.07) is 5.58. The lowest BCUT2D eigenvalue weighted by molar-refractivity contribution is 1.22. The first kappa shape index (κ1) is 9.27. The number of hydrogen-bond acceptors (Lipinski definition) is 1. The second kappa shape index (κ2) is 4.27. The molecule has 1 radical (unpaired) electrons. The van der Waals surface area contributed by atoms with E-state index in [0.29, 0.717) is 5.15 Å². The van der Waals surface area contributed by atoms with Crippen molar-refractivity contribution in [3.63, 3.8) is 0 Å². The summed E-state index contributed by atoms with van der Waals surface area (Å²) in [4.78, 5) is 4.11. The summed E-state index contributed by atoms with van der Waals surface area (Å²) in [5.41, 5.74) is 2.14. The molecule has 0 bridgehead atoms. The molecule has 1 rings (SSSR count). The van der Waals surface area contributed by atoms with E-state index in [-0.39, 0.29) is 0 Å². The topological polar surface area (TPSA) is 12.9 Å². The monoisotopic (exact) mass is 180 g/mol. The number of rotatable bonds is 2. The van der Waals surface area contributed by atoms with E-state index in [1.54, 1.807) is 6.07 Å². The Morgan fingerprint density at radius 2 is 2.17 bits per heavy atom. The van der Waals surface area contributed by atoms with Gasteiger partial charge in [0.2, 0.25) is 0 Å². The quantitative estimate of drug-likeness (QED) is 0.637. The molecule has 0 amide bonds. The van der Waals surface area contributed by atoms with Crippen molar-refractivity contribution < 1.29 is 0 Å². The minimum absolute atomic E-state index is 0.533. The van der Waals surface area contributed by atoms with Gasteiger partial charge in [0.25, 0.3) is 0 Å². The van der Waals surface area contributed by atoms with E-state index in [9.17, 15) is 0 Å². The fourth-order valence-electron chi connectivity index (χ4n) is 0.769. The number of hydrogen-bond donors (Lipinski definition) is 0. The van der Waals surface area contributed by atoms with E-state index in [2.05, 4.69) is 4.98 Å². The highest BCUT2D eigenvalue weighted by molar-refractivity contribution is 6.29. The van der Waals surface area contributed by atoms with Crippen molar-refractivity contribution in [1.82, 2.24) is 4.98 Å². The molecule has 1 heterocycles. The summed E-state index contributed by atoms with van der Waals surface area (Å²) in [5, 5.41) is 0.533. The lowest BCUT2D eigenvalue weighted by Gasteiger charge is -1.95. The van der Waals surface area contributed by atoms with Gasteiger partial charge in [-0.05, 0) is 26.0 Å². The number of nitrogens with zero attached hydrogens (tertiary/aromatic N) is 1. The van der Waals surface area contributed by atoms with Crippen molar-refractivity contribution in [3.05, 3.63) is 47.1 Å². The molecule has 0 atom stereocenters. The van der Waals surface area contributed by atoms with Crippen molar-refractivity contribution in [3.8, 4) is 0 Å². The first-order valence-electron chi connectivity index (χ1n) is 3.79. The van der Waals surface area contributed by atoms with Crippen LogP contribution in [0.5, 0.6) is 0 Å². The normalized spacial score (nSPS) is 9.58. The van der Waals surface area contributed by atoms with Gasteiger partial charge in [0.1, 0.15) is 5.15 Å². The largest absolute Gasteiger partial charge is 0.240 e. The molecule has 0 N–H and O–H groups in total. The summed E-state index contributed by atoms with van der Waals surface area (Å²) in [6.45, 7) is 4.09. The SMILES string of the molecule is CC(C)=C[CH]c1cccc(Cl)n1. The third kappa shape index (κ3) is 3.05. The molecule has 12 heavy (non-hydrogen) atoms. The Morgan fingerprint density at radius 1 is 1.42 bits per heavy atom. The van der Waals surface area contributed by atoms with E-state index in [0.717, 1.165) is 5.69 Å². The van der Waals surface area contributed by atoms with Gasteiger partial charge in [0, 0.05) is 12.1 Å². The minimum atomic E-state index is 0.533. The van der Waals surface area contributed by atoms with Gasteiger partial charge in [-0.15, -0.1) is 0 Å². The third-order valence-electron chi connectivity index (χ3n) is 1.32. The second-order valence-corrected chi connectivity index (χ2v) is 3.18. The average Bonchev–Trinajstić information content (AvgIpc) is 2.01. The second-order valence-electron chi connectivity index (χ2n) is 2.80. The maximum atomic E-state index is 5.71. The molecule has 0 aromatic carbocycles. The van der Waals surface area contributed by atoms with Crippen molar-refractivity contribution in [2.24, 2.45) is 0 Å². The standard InChI is InChI=1S/C10H11ClN/c1-8(2)6-7-9-4-3-5-10(11)12-9/h3-7H,1-2H3. The van der Waals surface area contributed by atoms with Crippen LogP contribution in [0.25, 0.3) is 0 Å². The number of aromatic nitrogens is 1. The Bertz CT molecular complexity index is 288. The lowest BCUT2D eigenvalue weighted by atomic mass is 10.2. The molecule has 63 valence electrons. The van der Waals surface area contributed by atoms with E-state index in [1.165, 1.54) is 5.57 Å². The van der Waals surface area contributed by atoms with E-state index < -0.39 is 0 Å². The maximum absolute atomic E-state index is 5.71. The van der Waals surface area contributed by atoms with Gasteiger partial charge in [-0.3, -0.25) is 0 Å². The van der Waals surface area contributed by atoms with Crippen molar-refractivity contribution >= 4 is 11.6 Å². The van der Waals surface area contributed by atoms with Gasteiger partial charge >= 0.3 is 0 Å². The molecule has 0 unspecified atom stereocenters. The van der Waals surface area contributed by atoms with Crippen LogP contribution in [0.4, 0.5) is 0 Å². The van der Waals surface area contributed by atoms with Crippen LogP contribution in [0.1, 0.15) is 19.5 Å². The minimum Gasteiger partial charge on any atom is -0.240 e. The van der Waals surface area contributed by atoms with Gasteiger partial charge in [-0.1, -0.05) is 29.3 Å². The summed E-state index contributed by atoms with van der Waals surface area (Å²) in [7, 11) is 0. The molecule has 1 nitrogen and oxygen atoms in total. The molecule has 0 fully saturated rings. The van der Waals surface area contributed by atoms with Gasteiger partial charge in [-0.2, -0.15) is 0 Å². The molecular formula is C10H11ClN. The van der Waals surface area contributed by atoms with Gasteiger partial charge in [-0.25, -0.2) is 4.98 Å². The Balaban J connectivity index is 2.70. The molecule has 0 aliphatic heterocycles. The molecule has 2 heteroatoms. The van der Waals surface area contributed by atoms with Gasteiger partial charge in [0.15, 0.2) is 0 Å². The Labute approximate surface area is 78.1 Å². The number of halogens is 1. The Kier molecular flexibility index (Phi) is 3.30. The average molecular weight is 181 g/mol. The third-order valence-corrected chi connectivity index (χ3v) is 1.53. The van der Waals surface area contributed by atoms with E-state index >= 15 is 0 Å². The fourth-order valence-corrected chi connectivity index (χ4v) is 0.939. The zero-order valence-electron chi connectivity index (χ0n) is 7.21. The zero-order chi connectivity index (χ0) is 8.97. The van der Waals surface area contributed by atoms with Crippen molar-refractivity contribution in [2.45, 2.75) is 13.8 Å². The van der Waals surface area contributed by atoms with Crippen LogP contribution >= 0.6 is 11.6 Å². The Hall–Kier alpha value is -0.820. The first-order valence-corrected chi connectivity index (χ1v) is 4.17. The number of pyridine rings is 1. The van der Waals surface area contributed by atoms with Crippen LogP contribution in [0.2, 0.25) is 5.15 Å². The number of allylic oxidation sites excluding steroid dienone is 2. The zero-order valence-corrected chi connectivity index (χ0v) is 7.97. The predicted octanol–water partition coefficient (Wildman–Crippen LogP) is 3.25. The molecule has 0 saturated carbocycles. The fraction of sp³-hybridized carbons (Fsp3) is 0.200. The van der Waals surface area contributed by atoms with Gasteiger partial charge < -0.3 is 0 Å². The molecule has 1 aromatic rings. The maximum Gasteiger partial charge on any atom is 0.129 e. The molecule has 0 aliphatic carbocycles. The van der Waals surface area contributed by atoms with Crippen LogP contribution < -0.4 is 0 Å². The highest BCUT2D eigenvalue weighted by Crippen LogP contribution is 2.07. The summed E-state index contributed by atoms with van der Waals surface area (Å²) in [6.07, 6.45) is 3.96. The van der Waals surface area contributed by atoms with E-state index in [1.807, 2.05) is 38.5 Å². The van der Waals surface area contributed by atoms with Crippen molar-refractivity contribution in [2.75, 3.05) is 0 Å². The molecule has 0 aliphatic rings. The first-order chi connectivity index (χ1) is 5.68. The highest BCUT2D eigenvalue weighted by atomic mass is 35.5. The smallest absolute Gasteiger partial charge is 0.129 e. The summed E-state index contributed by atoms with van der Waals surface area (Å²) < 4.78 is 0. The molecule has 0 saturated heterocycles. The highest BCUT2D eigenvalue weighted by Gasteiger charge is 1.92. The molecular weight excluding hydrogens is 170 g/mol. The van der Waals surface area contributed by atoms with Crippen LogP contribution in [0.3, 0.4) is 0 Å². The molecule has 0 spiro atoms. The van der Waals surface area contributed by atoms with Crippen molar-refractivity contribution in [1.29, 1.82) is 0 Å². The van der Waals surface area contributed by atoms with Crippen LogP contribution in [0.15, 0.2) is 29.8 Å². The van der Waals surface area contributed by atoms with E-state index in [4.69, 9.17) is 11.6 Å².